The quantitative estimate of drug-likeness (QED) is 0.0848. The van der Waals surface area contributed by atoms with Crippen LogP contribution >= 0.6 is 23.7 Å². The Balaban J connectivity index is 1.64. The molecule has 0 aliphatic rings. The number of hydrogen-bond acceptors (Lipinski definition) is 8. The van der Waals surface area contributed by atoms with E-state index in [4.69, 9.17) is 11.5 Å². The minimum Gasteiger partial charge on any atom is -0.370 e. The van der Waals surface area contributed by atoms with Crippen molar-refractivity contribution >= 4 is 64.5 Å². The van der Waals surface area contributed by atoms with Gasteiger partial charge in [-0.3, -0.25) is 24.4 Å². The van der Waals surface area contributed by atoms with Gasteiger partial charge in [-0.05, 0) is 83.9 Å². The van der Waals surface area contributed by atoms with E-state index < -0.39 is 11.9 Å². The van der Waals surface area contributed by atoms with Crippen molar-refractivity contribution < 1.29 is 9.59 Å². The molecule has 1 aromatic heterocycles. The summed E-state index contributed by atoms with van der Waals surface area (Å²) < 4.78 is 4.41. The van der Waals surface area contributed by atoms with Gasteiger partial charge in [-0.1, -0.05) is 31.2 Å². The van der Waals surface area contributed by atoms with Gasteiger partial charge in [0.05, 0.1) is 11.8 Å². The number of Topliss-reactive ketones (excluding diaryl/α,β-unsaturated/α-hetero) is 1. The Bertz CT molecular complexity index is 1480. The Morgan fingerprint density at radius 2 is 1.93 bits per heavy atom. The van der Waals surface area contributed by atoms with Gasteiger partial charge >= 0.3 is 0 Å². The van der Waals surface area contributed by atoms with Gasteiger partial charge in [-0.15, -0.1) is 11.8 Å². The van der Waals surface area contributed by atoms with E-state index in [0.717, 1.165) is 16.7 Å². The molecule has 0 bridgehead atoms. The second-order valence-electron chi connectivity index (χ2n) is 9.07. The topological polar surface area (TPSA) is 157 Å². The third-order valence-corrected chi connectivity index (χ3v) is 7.63. The molecule has 0 spiro atoms. The monoisotopic (exact) mass is 593 g/mol. The summed E-state index contributed by atoms with van der Waals surface area (Å²) in [6, 6.07) is 15.1. The SMILES string of the molecule is C=N/C=C\SCC(=O)[C@H](CCCN=C(N)N)NC(=O)Cn1cccc(NSc2ccc3cc(CC)ccc3c2)c1=O. The van der Waals surface area contributed by atoms with Crippen LogP contribution in [0.5, 0.6) is 0 Å². The maximum Gasteiger partial charge on any atom is 0.275 e. The number of nitrogens with two attached hydrogens (primary N) is 2. The zero-order valence-electron chi connectivity index (χ0n) is 22.9. The summed E-state index contributed by atoms with van der Waals surface area (Å²) in [5.74, 6) is -0.509. The van der Waals surface area contributed by atoms with Crippen LogP contribution in [0.4, 0.5) is 5.69 Å². The first-order valence-corrected chi connectivity index (χ1v) is 14.9. The summed E-state index contributed by atoms with van der Waals surface area (Å²) in [4.78, 5) is 47.3. The van der Waals surface area contributed by atoms with Crippen molar-refractivity contribution in [2.45, 2.75) is 43.7 Å². The predicted octanol–water partition coefficient (Wildman–Crippen LogP) is 3.70. The highest BCUT2D eigenvalue weighted by Crippen LogP contribution is 2.25. The number of hydrogen-bond donors (Lipinski definition) is 4. The number of nitrogens with zero attached hydrogens (tertiary/aromatic N) is 3. The van der Waals surface area contributed by atoms with Crippen LogP contribution in [0.15, 0.2) is 86.0 Å². The molecule has 2 aromatic carbocycles. The number of carbonyl (C=O) groups excluding carboxylic acids is 2. The number of carbonyl (C=O) groups is 2. The van der Waals surface area contributed by atoms with Crippen LogP contribution in [0.2, 0.25) is 0 Å². The predicted molar refractivity (Wildman–Crippen MR) is 172 cm³/mol. The summed E-state index contributed by atoms with van der Waals surface area (Å²) in [7, 11) is 0. The number of anilines is 1. The number of aryl methyl sites for hydroxylation is 1. The second kappa shape index (κ2) is 16.3. The fourth-order valence-electron chi connectivity index (χ4n) is 3.94. The summed E-state index contributed by atoms with van der Waals surface area (Å²) >= 11 is 2.57. The maximum absolute atomic E-state index is 13.1. The van der Waals surface area contributed by atoms with Crippen LogP contribution in [-0.4, -0.2) is 47.3 Å². The van der Waals surface area contributed by atoms with Gasteiger partial charge in [0, 0.05) is 23.8 Å². The van der Waals surface area contributed by atoms with Gasteiger partial charge in [-0.25, -0.2) is 0 Å². The van der Waals surface area contributed by atoms with Crippen molar-refractivity contribution in [1.82, 2.24) is 9.88 Å². The van der Waals surface area contributed by atoms with Crippen LogP contribution in [0.3, 0.4) is 0 Å². The van der Waals surface area contributed by atoms with E-state index in [-0.39, 0.29) is 29.6 Å². The van der Waals surface area contributed by atoms with Crippen LogP contribution in [0.1, 0.15) is 25.3 Å². The molecule has 1 heterocycles. The van der Waals surface area contributed by atoms with Crippen molar-refractivity contribution in [2.24, 2.45) is 21.5 Å². The largest absolute Gasteiger partial charge is 0.370 e. The average Bonchev–Trinajstić information content (AvgIpc) is 2.96. The fraction of sp³-hybridized carbons (Fsp3) is 0.276. The lowest BCUT2D eigenvalue weighted by Gasteiger charge is -2.18. The summed E-state index contributed by atoms with van der Waals surface area (Å²) in [6.45, 7) is 5.58. The van der Waals surface area contributed by atoms with E-state index in [0.29, 0.717) is 25.1 Å². The highest BCUT2D eigenvalue weighted by atomic mass is 32.2. The number of guanidine groups is 1. The van der Waals surface area contributed by atoms with E-state index >= 15 is 0 Å². The molecule has 0 fully saturated rings. The van der Waals surface area contributed by atoms with Gasteiger partial charge in [0.2, 0.25) is 5.91 Å². The molecule has 0 saturated heterocycles. The Morgan fingerprint density at radius 1 is 1.15 bits per heavy atom. The highest BCUT2D eigenvalue weighted by Gasteiger charge is 2.20. The molecule has 0 unspecified atom stereocenters. The molecule has 3 rings (SSSR count). The zero-order chi connectivity index (χ0) is 29.6. The first-order valence-electron chi connectivity index (χ1n) is 13.1. The van der Waals surface area contributed by atoms with Crippen LogP contribution in [0.25, 0.3) is 10.8 Å². The number of amides is 1. The summed E-state index contributed by atoms with van der Waals surface area (Å²) in [6.07, 6.45) is 4.85. The highest BCUT2D eigenvalue weighted by molar-refractivity contribution is 8.02. The molecule has 41 heavy (non-hydrogen) atoms. The molecule has 216 valence electrons. The first-order chi connectivity index (χ1) is 19.8. The number of ketones is 1. The Hall–Kier alpha value is -4.03. The molecule has 1 amide bonds. The Morgan fingerprint density at radius 3 is 2.68 bits per heavy atom. The van der Waals surface area contributed by atoms with Gasteiger partial charge in [0.15, 0.2) is 11.7 Å². The zero-order valence-corrected chi connectivity index (χ0v) is 24.5. The minimum atomic E-state index is -0.747. The van der Waals surface area contributed by atoms with E-state index in [1.807, 2.05) is 6.07 Å². The molecule has 0 saturated carbocycles. The smallest absolute Gasteiger partial charge is 0.275 e. The van der Waals surface area contributed by atoms with Gasteiger partial charge in [0.25, 0.3) is 5.56 Å². The lowest BCUT2D eigenvalue weighted by molar-refractivity contribution is -0.127. The maximum atomic E-state index is 13.1. The van der Waals surface area contributed by atoms with Gasteiger partial charge in [-0.2, -0.15) is 0 Å². The molecule has 0 aliphatic heterocycles. The normalized spacial score (nSPS) is 11.7. The lowest BCUT2D eigenvalue weighted by Crippen LogP contribution is -2.44. The number of benzene rings is 2. The molecule has 1 atom stereocenters. The Kier molecular flexibility index (Phi) is 12.5. The van der Waals surface area contributed by atoms with Crippen molar-refractivity contribution in [3.63, 3.8) is 0 Å². The molecule has 10 nitrogen and oxygen atoms in total. The number of nitrogens with one attached hydrogen (secondary N) is 2. The van der Waals surface area contributed by atoms with Crippen molar-refractivity contribution in [1.29, 1.82) is 0 Å². The van der Waals surface area contributed by atoms with Crippen LogP contribution in [-0.2, 0) is 22.6 Å². The van der Waals surface area contributed by atoms with Crippen LogP contribution in [0, 0.1) is 0 Å². The summed E-state index contributed by atoms with van der Waals surface area (Å²) in [5, 5.41) is 6.70. The number of pyridine rings is 1. The van der Waals surface area contributed by atoms with Crippen molar-refractivity contribution in [3.05, 3.63) is 82.3 Å². The lowest BCUT2D eigenvalue weighted by atomic mass is 10.1. The van der Waals surface area contributed by atoms with Gasteiger partial charge < -0.3 is 26.1 Å². The fourth-order valence-corrected chi connectivity index (χ4v) is 5.28. The molecular weight excluding hydrogens is 558 g/mol. The molecule has 12 heteroatoms. The van der Waals surface area contributed by atoms with Gasteiger partial charge in [0.1, 0.15) is 12.2 Å². The molecule has 0 aliphatic carbocycles. The number of aliphatic imine (C=N–C) groups is 2. The first kappa shape index (κ1) is 31.5. The van der Waals surface area contributed by atoms with Crippen molar-refractivity contribution in [2.75, 3.05) is 17.0 Å². The average molecular weight is 594 g/mol. The Labute approximate surface area is 247 Å². The number of fused-ring (bicyclic) bond motifs is 1. The van der Waals surface area contributed by atoms with E-state index in [1.165, 1.54) is 51.6 Å². The third kappa shape index (κ3) is 10.1. The molecular formula is C29H35N7O3S2. The van der Waals surface area contributed by atoms with E-state index in [2.05, 4.69) is 64.0 Å². The van der Waals surface area contributed by atoms with E-state index in [1.54, 1.807) is 17.5 Å². The number of rotatable bonds is 16. The van der Waals surface area contributed by atoms with E-state index in [9.17, 15) is 14.4 Å². The molecule has 3 aromatic rings. The minimum absolute atomic E-state index is 0.0354. The third-order valence-electron chi connectivity index (χ3n) is 6.05. The standard InChI is InChI=1S/C29H35N7O3S2/c1-3-20-8-9-22-17-23(11-10-21(22)16-20)41-35-25-7-5-14-36(28(25)39)18-27(38)34-24(6-4-12-33-29(30)31)26(37)19-40-15-13-32-2/h5,7-11,13-17,24,35H,2-4,6,12,18-19H2,1H3,(H,34,38)(H4,30,31,33)/b15-13-/t24-/m0/s1. The molecule has 0 radical (unpaired) electrons. The van der Waals surface area contributed by atoms with Crippen LogP contribution < -0.4 is 27.1 Å². The van der Waals surface area contributed by atoms with Crippen molar-refractivity contribution in [3.8, 4) is 0 Å². The summed E-state index contributed by atoms with van der Waals surface area (Å²) in [5.41, 5.74) is 12.0. The second-order valence-corrected chi connectivity index (χ2v) is 10.8. The number of aromatic nitrogens is 1. The molecule has 6 N–H and O–H groups in total. The number of thioether (sulfide) groups is 1.